The Kier molecular flexibility index (Phi) is 7.08. The average molecular weight is 456 g/mol. The number of piperazine rings is 1. The fourth-order valence-electron chi connectivity index (χ4n) is 5.01. The van der Waals surface area contributed by atoms with Crippen LogP contribution in [0.15, 0.2) is 36.4 Å². The van der Waals surface area contributed by atoms with Gasteiger partial charge in [-0.1, -0.05) is 18.9 Å². The van der Waals surface area contributed by atoms with Gasteiger partial charge in [-0.25, -0.2) is 8.78 Å². The molecule has 176 valence electrons. The van der Waals surface area contributed by atoms with Gasteiger partial charge in [0, 0.05) is 49.4 Å². The summed E-state index contributed by atoms with van der Waals surface area (Å²) in [6.45, 7) is 6.57. The van der Waals surface area contributed by atoms with E-state index < -0.39 is 17.5 Å². The molecule has 1 aliphatic carbocycles. The highest BCUT2D eigenvalue weighted by molar-refractivity contribution is 6.04. The summed E-state index contributed by atoms with van der Waals surface area (Å²) in [6, 6.07) is 8.29. The molecule has 0 aromatic heterocycles. The fraction of sp³-hybridized carbons (Fsp3) is 0.462. The summed E-state index contributed by atoms with van der Waals surface area (Å²) in [5.74, 6) is -0.966. The SMILES string of the molecule is Cc1c(CN2CCN(C(=O)C3CCCC3)C(C)C2)cc(F)cc1NC(=O)c1cccc(F)c1. The summed E-state index contributed by atoms with van der Waals surface area (Å²) in [4.78, 5) is 29.6. The van der Waals surface area contributed by atoms with Gasteiger partial charge in [-0.15, -0.1) is 0 Å². The third-order valence-electron chi connectivity index (χ3n) is 6.91. The van der Waals surface area contributed by atoms with Crippen molar-refractivity contribution in [2.75, 3.05) is 25.0 Å². The highest BCUT2D eigenvalue weighted by Gasteiger charge is 2.33. The molecule has 1 unspecified atom stereocenters. The Morgan fingerprint density at radius 3 is 2.52 bits per heavy atom. The molecular formula is C26H31F2N3O2. The average Bonchev–Trinajstić information content (AvgIpc) is 3.31. The predicted octanol–water partition coefficient (Wildman–Crippen LogP) is 4.75. The zero-order valence-corrected chi connectivity index (χ0v) is 19.2. The lowest BCUT2D eigenvalue weighted by atomic mass is 10.0. The van der Waals surface area contributed by atoms with Crippen LogP contribution in [0.3, 0.4) is 0 Å². The van der Waals surface area contributed by atoms with E-state index in [0.717, 1.165) is 56.0 Å². The van der Waals surface area contributed by atoms with Gasteiger partial charge >= 0.3 is 0 Å². The first-order valence-corrected chi connectivity index (χ1v) is 11.7. The van der Waals surface area contributed by atoms with Crippen molar-refractivity contribution in [2.45, 2.75) is 52.1 Å². The maximum atomic E-state index is 14.4. The minimum absolute atomic E-state index is 0.105. The number of rotatable bonds is 5. The van der Waals surface area contributed by atoms with Gasteiger partial charge in [-0.2, -0.15) is 0 Å². The number of hydrogen-bond acceptors (Lipinski definition) is 3. The number of anilines is 1. The van der Waals surface area contributed by atoms with Crippen LogP contribution in [-0.2, 0) is 11.3 Å². The van der Waals surface area contributed by atoms with Gasteiger partial charge in [0.15, 0.2) is 0 Å². The van der Waals surface area contributed by atoms with Crippen molar-refractivity contribution >= 4 is 17.5 Å². The van der Waals surface area contributed by atoms with Crippen LogP contribution in [0, 0.1) is 24.5 Å². The first-order chi connectivity index (χ1) is 15.8. The number of carbonyl (C=O) groups excluding carboxylic acids is 2. The number of benzene rings is 2. The van der Waals surface area contributed by atoms with Crippen LogP contribution in [-0.4, -0.2) is 47.3 Å². The topological polar surface area (TPSA) is 52.6 Å². The number of halogens is 2. The monoisotopic (exact) mass is 455 g/mol. The molecule has 33 heavy (non-hydrogen) atoms. The summed E-state index contributed by atoms with van der Waals surface area (Å²) >= 11 is 0. The molecule has 1 N–H and O–H groups in total. The lowest BCUT2D eigenvalue weighted by molar-refractivity contribution is -0.140. The second-order valence-corrected chi connectivity index (χ2v) is 9.30. The molecule has 1 aliphatic heterocycles. The lowest BCUT2D eigenvalue weighted by Gasteiger charge is -2.41. The number of carbonyl (C=O) groups is 2. The molecule has 1 heterocycles. The smallest absolute Gasteiger partial charge is 0.255 e. The highest BCUT2D eigenvalue weighted by Crippen LogP contribution is 2.29. The van der Waals surface area contributed by atoms with E-state index in [9.17, 15) is 18.4 Å². The molecule has 0 radical (unpaired) electrons. The van der Waals surface area contributed by atoms with E-state index in [2.05, 4.69) is 17.1 Å². The number of amides is 2. The molecule has 1 saturated carbocycles. The third kappa shape index (κ3) is 5.41. The van der Waals surface area contributed by atoms with Crippen molar-refractivity contribution in [2.24, 2.45) is 5.92 Å². The predicted molar refractivity (Wildman–Crippen MR) is 124 cm³/mol. The van der Waals surface area contributed by atoms with E-state index in [1.165, 1.54) is 30.3 Å². The molecular weight excluding hydrogens is 424 g/mol. The van der Waals surface area contributed by atoms with Gasteiger partial charge < -0.3 is 10.2 Å². The Hall–Kier alpha value is -2.80. The molecule has 2 aromatic rings. The molecule has 2 amide bonds. The van der Waals surface area contributed by atoms with Gasteiger partial charge in [0.05, 0.1) is 0 Å². The van der Waals surface area contributed by atoms with Crippen LogP contribution in [0.4, 0.5) is 14.5 Å². The number of hydrogen-bond donors (Lipinski definition) is 1. The van der Waals surface area contributed by atoms with E-state index in [0.29, 0.717) is 18.8 Å². The van der Waals surface area contributed by atoms with Gasteiger partial charge in [0.1, 0.15) is 11.6 Å². The van der Waals surface area contributed by atoms with Gasteiger partial charge in [-0.05, 0) is 68.1 Å². The van der Waals surface area contributed by atoms with Crippen LogP contribution in [0.1, 0.15) is 54.1 Å². The minimum atomic E-state index is -0.501. The van der Waals surface area contributed by atoms with Crippen molar-refractivity contribution in [3.05, 3.63) is 64.7 Å². The quantitative estimate of drug-likeness (QED) is 0.708. The van der Waals surface area contributed by atoms with Crippen LogP contribution < -0.4 is 5.32 Å². The molecule has 5 nitrogen and oxygen atoms in total. The Balaban J connectivity index is 1.43. The molecule has 2 aliphatic rings. The molecule has 4 rings (SSSR count). The van der Waals surface area contributed by atoms with Crippen molar-refractivity contribution in [1.29, 1.82) is 0 Å². The van der Waals surface area contributed by atoms with Crippen LogP contribution in [0.5, 0.6) is 0 Å². The molecule has 2 aromatic carbocycles. The Morgan fingerprint density at radius 1 is 1.06 bits per heavy atom. The molecule has 1 saturated heterocycles. The fourth-order valence-corrected chi connectivity index (χ4v) is 5.01. The van der Waals surface area contributed by atoms with E-state index in [1.807, 2.05) is 11.8 Å². The van der Waals surface area contributed by atoms with Crippen molar-refractivity contribution < 1.29 is 18.4 Å². The zero-order chi connectivity index (χ0) is 23.5. The van der Waals surface area contributed by atoms with Gasteiger partial charge in [0.25, 0.3) is 5.91 Å². The van der Waals surface area contributed by atoms with Crippen molar-refractivity contribution in [1.82, 2.24) is 9.80 Å². The first kappa shape index (κ1) is 23.4. The van der Waals surface area contributed by atoms with Crippen LogP contribution in [0.2, 0.25) is 0 Å². The normalized spacial score (nSPS) is 19.6. The summed E-state index contributed by atoms with van der Waals surface area (Å²) < 4.78 is 27.9. The summed E-state index contributed by atoms with van der Waals surface area (Å²) in [7, 11) is 0. The molecule has 0 spiro atoms. The molecule has 0 bridgehead atoms. The first-order valence-electron chi connectivity index (χ1n) is 11.7. The van der Waals surface area contributed by atoms with Crippen LogP contribution in [0.25, 0.3) is 0 Å². The highest BCUT2D eigenvalue weighted by atomic mass is 19.1. The van der Waals surface area contributed by atoms with Crippen molar-refractivity contribution in [3.63, 3.8) is 0 Å². The maximum Gasteiger partial charge on any atom is 0.255 e. The zero-order valence-electron chi connectivity index (χ0n) is 19.2. The molecule has 7 heteroatoms. The summed E-state index contributed by atoms with van der Waals surface area (Å²) in [5.41, 5.74) is 2.12. The lowest BCUT2D eigenvalue weighted by Crippen LogP contribution is -2.54. The second-order valence-electron chi connectivity index (χ2n) is 9.30. The second kappa shape index (κ2) is 10.00. The van der Waals surface area contributed by atoms with E-state index in [1.54, 1.807) is 0 Å². The maximum absolute atomic E-state index is 14.4. The standard InChI is InChI=1S/C26H31F2N3O2/c1-17-15-30(10-11-31(17)26(33)19-6-3-4-7-19)16-21-13-23(28)14-24(18(21)2)29-25(32)20-8-5-9-22(27)12-20/h5,8-9,12-14,17,19H,3-4,6-7,10-11,15-16H2,1-2H3,(H,29,32). The Bertz CT molecular complexity index is 1040. The van der Waals surface area contributed by atoms with E-state index >= 15 is 0 Å². The third-order valence-corrected chi connectivity index (χ3v) is 6.91. The number of nitrogens with zero attached hydrogens (tertiary/aromatic N) is 2. The van der Waals surface area contributed by atoms with Gasteiger partial charge in [-0.3, -0.25) is 14.5 Å². The van der Waals surface area contributed by atoms with Crippen LogP contribution >= 0.6 is 0 Å². The summed E-state index contributed by atoms with van der Waals surface area (Å²) in [5, 5.41) is 2.72. The Morgan fingerprint density at radius 2 is 1.82 bits per heavy atom. The largest absolute Gasteiger partial charge is 0.337 e. The van der Waals surface area contributed by atoms with E-state index in [-0.39, 0.29) is 23.4 Å². The van der Waals surface area contributed by atoms with Gasteiger partial charge in [0.2, 0.25) is 5.91 Å². The molecule has 1 atom stereocenters. The summed E-state index contributed by atoms with van der Waals surface area (Å²) in [6.07, 6.45) is 4.28. The Labute approximate surface area is 193 Å². The van der Waals surface area contributed by atoms with E-state index in [4.69, 9.17) is 0 Å². The number of nitrogens with one attached hydrogen (secondary N) is 1. The molecule has 2 fully saturated rings. The van der Waals surface area contributed by atoms with Crippen molar-refractivity contribution in [3.8, 4) is 0 Å². The minimum Gasteiger partial charge on any atom is -0.337 e.